The number of halogens is 1. The van der Waals surface area contributed by atoms with Crippen LogP contribution < -0.4 is 15.8 Å². The van der Waals surface area contributed by atoms with Gasteiger partial charge in [0.1, 0.15) is 5.15 Å². The Morgan fingerprint density at radius 1 is 1.21 bits per heavy atom. The molecule has 0 amide bonds. The summed E-state index contributed by atoms with van der Waals surface area (Å²) in [6.45, 7) is 8.13. The lowest BCUT2D eigenvalue weighted by Crippen LogP contribution is -2.36. The molecular weight excluding hydrogens is 442 g/mol. The number of nitrogens with one attached hydrogen (secondary N) is 1. The molecule has 0 saturated carbocycles. The monoisotopic (exact) mass is 469 g/mol. The quantitative estimate of drug-likeness (QED) is 0.507. The van der Waals surface area contributed by atoms with Crippen LogP contribution in [0.2, 0.25) is 5.15 Å². The van der Waals surface area contributed by atoms with E-state index in [4.69, 9.17) is 16.6 Å². The third-order valence-corrected chi connectivity index (χ3v) is 6.28. The molecule has 9 heteroatoms. The number of aromatic carboxylic acids is 1. The molecule has 0 aliphatic carbocycles. The molecule has 1 fully saturated rings. The third-order valence-electron chi connectivity index (χ3n) is 6.07. The molecule has 1 aliphatic rings. The van der Waals surface area contributed by atoms with E-state index in [0.29, 0.717) is 29.1 Å². The standard InChI is InChI=1S/C24H28ClN5O3/c1-4-30-22(31)17-13-14(2)12-16(20(17)28-24(30)29-10-6-5-7-11-29)15(3)26-18-8-9-19(25)27-21(18)23(32)33/h8-9,12-13,15,26H,4-7,10-11H2,1-3H3,(H,32,33)/t15-/m1/s1. The van der Waals surface area contributed by atoms with E-state index in [1.807, 2.05) is 32.9 Å². The molecule has 4 rings (SSSR count). The van der Waals surface area contributed by atoms with Gasteiger partial charge in [-0.25, -0.2) is 14.8 Å². The average molecular weight is 470 g/mol. The summed E-state index contributed by atoms with van der Waals surface area (Å²) in [6, 6.07) is 6.69. The first-order valence-corrected chi connectivity index (χ1v) is 11.6. The Hall–Kier alpha value is -3.13. The lowest BCUT2D eigenvalue weighted by molar-refractivity contribution is 0.0691. The number of nitrogens with zero attached hydrogens (tertiary/aromatic N) is 4. The lowest BCUT2D eigenvalue weighted by atomic mass is 10.0. The fourth-order valence-corrected chi connectivity index (χ4v) is 4.61. The van der Waals surface area contributed by atoms with Crippen LogP contribution in [0.4, 0.5) is 11.6 Å². The number of aromatic nitrogens is 3. The average Bonchev–Trinajstić information content (AvgIpc) is 2.80. The van der Waals surface area contributed by atoms with Gasteiger partial charge in [-0.05, 0) is 63.8 Å². The second kappa shape index (κ2) is 9.39. The molecule has 174 valence electrons. The Morgan fingerprint density at radius 2 is 1.94 bits per heavy atom. The predicted octanol–water partition coefficient (Wildman–Crippen LogP) is 4.63. The van der Waals surface area contributed by atoms with Crippen LogP contribution >= 0.6 is 11.6 Å². The Morgan fingerprint density at radius 3 is 2.61 bits per heavy atom. The van der Waals surface area contributed by atoms with E-state index in [-0.39, 0.29) is 22.4 Å². The maximum atomic E-state index is 13.5. The van der Waals surface area contributed by atoms with Gasteiger partial charge in [-0.1, -0.05) is 17.7 Å². The largest absolute Gasteiger partial charge is 0.476 e. The molecule has 0 bridgehead atoms. The first-order valence-electron chi connectivity index (χ1n) is 11.3. The van der Waals surface area contributed by atoms with Gasteiger partial charge in [0.05, 0.1) is 22.6 Å². The maximum Gasteiger partial charge on any atom is 0.356 e. The zero-order valence-corrected chi connectivity index (χ0v) is 19.8. The van der Waals surface area contributed by atoms with Crippen LogP contribution in [0, 0.1) is 6.92 Å². The van der Waals surface area contributed by atoms with Crippen molar-refractivity contribution in [2.45, 2.75) is 52.6 Å². The van der Waals surface area contributed by atoms with Crippen LogP contribution in [0.5, 0.6) is 0 Å². The fraction of sp³-hybridized carbons (Fsp3) is 0.417. The highest BCUT2D eigenvalue weighted by atomic mass is 35.5. The van der Waals surface area contributed by atoms with Crippen LogP contribution in [0.25, 0.3) is 10.9 Å². The number of hydrogen-bond acceptors (Lipinski definition) is 6. The van der Waals surface area contributed by atoms with Gasteiger partial charge in [0.25, 0.3) is 5.56 Å². The van der Waals surface area contributed by atoms with Crippen molar-refractivity contribution < 1.29 is 9.90 Å². The fourth-order valence-electron chi connectivity index (χ4n) is 4.47. The highest BCUT2D eigenvalue weighted by Crippen LogP contribution is 2.29. The van der Waals surface area contributed by atoms with Crippen molar-refractivity contribution in [2.24, 2.45) is 0 Å². The topological polar surface area (TPSA) is 100 Å². The van der Waals surface area contributed by atoms with Crippen molar-refractivity contribution in [1.29, 1.82) is 0 Å². The number of pyridine rings is 1. The maximum absolute atomic E-state index is 13.5. The number of benzene rings is 1. The van der Waals surface area contributed by atoms with Gasteiger partial charge < -0.3 is 15.3 Å². The van der Waals surface area contributed by atoms with Gasteiger partial charge >= 0.3 is 5.97 Å². The van der Waals surface area contributed by atoms with Crippen molar-refractivity contribution in [3.05, 3.63) is 56.6 Å². The normalized spacial score (nSPS) is 15.0. The number of aryl methyl sites for hydroxylation is 1. The number of carboxylic acid groups (broad SMARTS) is 1. The van der Waals surface area contributed by atoms with E-state index in [1.54, 1.807) is 16.7 Å². The molecule has 3 aromatic rings. The van der Waals surface area contributed by atoms with Crippen molar-refractivity contribution in [2.75, 3.05) is 23.3 Å². The van der Waals surface area contributed by atoms with E-state index < -0.39 is 5.97 Å². The number of carbonyl (C=O) groups is 1. The van der Waals surface area contributed by atoms with Crippen molar-refractivity contribution in [1.82, 2.24) is 14.5 Å². The van der Waals surface area contributed by atoms with Gasteiger partial charge in [-0.15, -0.1) is 0 Å². The number of hydrogen-bond donors (Lipinski definition) is 2. The number of piperidine rings is 1. The molecule has 1 aliphatic heterocycles. The lowest BCUT2D eigenvalue weighted by Gasteiger charge is -2.30. The van der Waals surface area contributed by atoms with E-state index in [1.165, 1.54) is 6.42 Å². The zero-order valence-electron chi connectivity index (χ0n) is 19.1. The Labute approximate surface area is 197 Å². The highest BCUT2D eigenvalue weighted by Gasteiger charge is 2.22. The molecule has 0 unspecified atom stereocenters. The van der Waals surface area contributed by atoms with Crippen molar-refractivity contribution in [3.63, 3.8) is 0 Å². The molecule has 0 spiro atoms. The molecule has 8 nitrogen and oxygen atoms in total. The van der Waals surface area contributed by atoms with E-state index in [0.717, 1.165) is 37.1 Å². The molecular formula is C24H28ClN5O3. The van der Waals surface area contributed by atoms with Gasteiger partial charge in [0.15, 0.2) is 5.69 Å². The second-order valence-corrected chi connectivity index (χ2v) is 8.85. The zero-order chi connectivity index (χ0) is 23.7. The minimum atomic E-state index is -1.17. The van der Waals surface area contributed by atoms with Crippen LogP contribution in [0.1, 0.15) is 60.8 Å². The minimum Gasteiger partial charge on any atom is -0.476 e. The first-order chi connectivity index (χ1) is 15.8. The summed E-state index contributed by atoms with van der Waals surface area (Å²) in [5.74, 6) is -0.468. The number of rotatable bonds is 6. The minimum absolute atomic E-state index is 0.0559. The predicted molar refractivity (Wildman–Crippen MR) is 131 cm³/mol. The van der Waals surface area contributed by atoms with Crippen LogP contribution in [0.3, 0.4) is 0 Å². The van der Waals surface area contributed by atoms with Gasteiger partial charge in [-0.3, -0.25) is 9.36 Å². The highest BCUT2D eigenvalue weighted by molar-refractivity contribution is 6.29. The summed E-state index contributed by atoms with van der Waals surface area (Å²) >= 11 is 5.90. The van der Waals surface area contributed by atoms with Gasteiger partial charge in [-0.2, -0.15) is 0 Å². The van der Waals surface area contributed by atoms with E-state index >= 15 is 0 Å². The molecule has 1 aromatic carbocycles. The number of fused-ring (bicyclic) bond motifs is 1. The third kappa shape index (κ3) is 4.53. The second-order valence-electron chi connectivity index (χ2n) is 8.46. The number of anilines is 2. The smallest absolute Gasteiger partial charge is 0.356 e. The molecule has 33 heavy (non-hydrogen) atoms. The first kappa shape index (κ1) is 23.0. The molecule has 1 atom stereocenters. The summed E-state index contributed by atoms with van der Waals surface area (Å²) in [5, 5.41) is 13.5. The van der Waals surface area contributed by atoms with Crippen LogP contribution in [-0.4, -0.2) is 38.7 Å². The van der Waals surface area contributed by atoms with Gasteiger partial charge in [0.2, 0.25) is 5.95 Å². The SMILES string of the molecule is CCn1c(N2CCCCC2)nc2c([C@@H](C)Nc3ccc(Cl)nc3C(=O)O)cc(C)cc2c1=O. The number of carboxylic acids is 1. The Bertz CT molecular complexity index is 1270. The Kier molecular flexibility index (Phi) is 6.56. The van der Waals surface area contributed by atoms with Gasteiger partial charge in [0, 0.05) is 25.2 Å². The van der Waals surface area contributed by atoms with Crippen molar-refractivity contribution in [3.8, 4) is 0 Å². The molecule has 3 heterocycles. The van der Waals surface area contributed by atoms with E-state index in [2.05, 4.69) is 15.2 Å². The summed E-state index contributed by atoms with van der Waals surface area (Å²) in [6.07, 6.45) is 3.35. The summed E-state index contributed by atoms with van der Waals surface area (Å²) in [7, 11) is 0. The summed E-state index contributed by atoms with van der Waals surface area (Å²) in [5.41, 5.74) is 2.55. The molecule has 0 radical (unpaired) electrons. The van der Waals surface area contributed by atoms with Crippen LogP contribution in [0.15, 0.2) is 29.1 Å². The Balaban J connectivity index is 1.84. The summed E-state index contributed by atoms with van der Waals surface area (Å²) < 4.78 is 1.75. The van der Waals surface area contributed by atoms with Crippen LogP contribution in [-0.2, 0) is 6.54 Å². The molecule has 2 aromatic heterocycles. The summed E-state index contributed by atoms with van der Waals surface area (Å²) in [4.78, 5) is 36.3. The van der Waals surface area contributed by atoms with E-state index in [9.17, 15) is 14.7 Å². The van der Waals surface area contributed by atoms with Crippen molar-refractivity contribution >= 4 is 40.1 Å². The molecule has 1 saturated heterocycles. The molecule has 2 N–H and O–H groups in total.